The number of aryl methyl sites for hydroxylation is 2. The van der Waals surface area contributed by atoms with Crippen molar-refractivity contribution in [3.8, 4) is 0 Å². The molecule has 0 aromatic heterocycles. The molecule has 1 radical (unpaired) electrons. The van der Waals surface area contributed by atoms with Crippen molar-refractivity contribution in [2.75, 3.05) is 0 Å². The third-order valence-corrected chi connectivity index (χ3v) is 1.64. The molecule has 1 rings (SSSR count). The molecular formula is C9H12Na. The van der Waals surface area contributed by atoms with Crippen LogP contribution in [0.2, 0.25) is 0 Å². The van der Waals surface area contributed by atoms with Crippen LogP contribution in [0.15, 0.2) is 24.3 Å². The monoisotopic (exact) mass is 143 g/mol. The molecule has 0 fully saturated rings. The van der Waals surface area contributed by atoms with Crippen molar-refractivity contribution in [3.05, 3.63) is 35.4 Å². The van der Waals surface area contributed by atoms with Crippen molar-refractivity contribution >= 4 is 29.6 Å². The van der Waals surface area contributed by atoms with Crippen molar-refractivity contribution in [1.82, 2.24) is 0 Å². The second-order valence-electron chi connectivity index (χ2n) is 2.28. The molecule has 0 aliphatic heterocycles. The Bertz CT molecular complexity index is 194. The second-order valence-corrected chi connectivity index (χ2v) is 2.28. The summed E-state index contributed by atoms with van der Waals surface area (Å²) in [5.41, 5.74) is 2.86. The van der Waals surface area contributed by atoms with Crippen LogP contribution in [0.1, 0.15) is 18.1 Å². The van der Waals surface area contributed by atoms with Gasteiger partial charge in [0.1, 0.15) is 0 Å². The number of hydrogen-bond donors (Lipinski definition) is 0. The van der Waals surface area contributed by atoms with E-state index in [4.69, 9.17) is 0 Å². The van der Waals surface area contributed by atoms with Crippen molar-refractivity contribution in [1.29, 1.82) is 0 Å². The van der Waals surface area contributed by atoms with Gasteiger partial charge in [-0.3, -0.25) is 0 Å². The van der Waals surface area contributed by atoms with E-state index in [2.05, 4.69) is 38.1 Å². The van der Waals surface area contributed by atoms with Gasteiger partial charge >= 0.3 is 0 Å². The summed E-state index contributed by atoms with van der Waals surface area (Å²) in [6, 6.07) is 8.49. The first-order valence-electron chi connectivity index (χ1n) is 3.39. The molecule has 0 atom stereocenters. The van der Waals surface area contributed by atoms with Crippen LogP contribution >= 0.6 is 0 Å². The summed E-state index contributed by atoms with van der Waals surface area (Å²) >= 11 is 0. The van der Waals surface area contributed by atoms with E-state index >= 15 is 0 Å². The zero-order valence-corrected chi connectivity index (χ0v) is 9.02. The Morgan fingerprint density at radius 1 is 1.20 bits per heavy atom. The Hall–Kier alpha value is 0.220. The average Bonchev–Trinajstić information content (AvgIpc) is 1.89. The molecule has 0 spiro atoms. The summed E-state index contributed by atoms with van der Waals surface area (Å²) in [4.78, 5) is 0. The average molecular weight is 143 g/mol. The van der Waals surface area contributed by atoms with Gasteiger partial charge in [0, 0.05) is 29.6 Å². The minimum Gasteiger partial charge on any atom is -0.0620 e. The summed E-state index contributed by atoms with van der Waals surface area (Å²) in [5, 5.41) is 0. The van der Waals surface area contributed by atoms with Crippen LogP contribution in [-0.2, 0) is 6.42 Å². The first-order valence-corrected chi connectivity index (χ1v) is 3.39. The standard InChI is InChI=1S/C9H12.Na/c1-3-9-7-5-4-6-8(9)2;/h4-7H,3H2,1-2H3;. The molecule has 49 valence electrons. The van der Waals surface area contributed by atoms with Gasteiger partial charge in [0.15, 0.2) is 0 Å². The van der Waals surface area contributed by atoms with E-state index in [0.29, 0.717) is 0 Å². The van der Waals surface area contributed by atoms with Crippen LogP contribution in [0.3, 0.4) is 0 Å². The SMILES string of the molecule is CCc1ccccc1C.[Na]. The Morgan fingerprint density at radius 3 is 2.20 bits per heavy atom. The van der Waals surface area contributed by atoms with Crippen LogP contribution in [-0.4, -0.2) is 29.6 Å². The predicted molar refractivity (Wildman–Crippen MR) is 46.3 cm³/mol. The normalized spacial score (nSPS) is 8.60. The minimum absolute atomic E-state index is 0. The maximum atomic E-state index is 2.18. The number of benzene rings is 1. The smallest absolute Gasteiger partial charge is 0 e. The van der Waals surface area contributed by atoms with Gasteiger partial charge in [0.2, 0.25) is 0 Å². The van der Waals surface area contributed by atoms with E-state index in [-0.39, 0.29) is 29.6 Å². The van der Waals surface area contributed by atoms with E-state index in [1.165, 1.54) is 11.1 Å². The quantitative estimate of drug-likeness (QED) is 0.528. The molecule has 0 unspecified atom stereocenters. The summed E-state index contributed by atoms with van der Waals surface area (Å²) < 4.78 is 0. The fraction of sp³-hybridized carbons (Fsp3) is 0.333. The maximum Gasteiger partial charge on any atom is 0 e. The Morgan fingerprint density at radius 2 is 1.80 bits per heavy atom. The molecular weight excluding hydrogens is 131 g/mol. The molecule has 0 heterocycles. The van der Waals surface area contributed by atoms with Crippen molar-refractivity contribution in [2.24, 2.45) is 0 Å². The molecule has 0 aliphatic rings. The maximum absolute atomic E-state index is 2.18. The minimum atomic E-state index is 0. The first kappa shape index (κ1) is 10.2. The van der Waals surface area contributed by atoms with E-state index in [1.807, 2.05) is 0 Å². The van der Waals surface area contributed by atoms with Gasteiger partial charge < -0.3 is 0 Å². The zero-order chi connectivity index (χ0) is 6.69. The van der Waals surface area contributed by atoms with Gasteiger partial charge in [-0.1, -0.05) is 31.2 Å². The van der Waals surface area contributed by atoms with Crippen molar-refractivity contribution in [2.45, 2.75) is 20.3 Å². The largest absolute Gasteiger partial charge is 0.0620 e. The van der Waals surface area contributed by atoms with Crippen molar-refractivity contribution in [3.63, 3.8) is 0 Å². The fourth-order valence-electron chi connectivity index (χ4n) is 1.01. The second kappa shape index (κ2) is 4.95. The molecule has 0 saturated carbocycles. The third-order valence-electron chi connectivity index (χ3n) is 1.64. The molecule has 1 aromatic rings. The molecule has 0 bridgehead atoms. The third kappa shape index (κ3) is 2.45. The molecule has 0 nitrogen and oxygen atoms in total. The van der Waals surface area contributed by atoms with Crippen LogP contribution in [0.4, 0.5) is 0 Å². The summed E-state index contributed by atoms with van der Waals surface area (Å²) in [6.45, 7) is 4.33. The van der Waals surface area contributed by atoms with E-state index < -0.39 is 0 Å². The summed E-state index contributed by atoms with van der Waals surface area (Å²) in [6.07, 6.45) is 1.15. The zero-order valence-electron chi connectivity index (χ0n) is 7.02. The van der Waals surface area contributed by atoms with Crippen LogP contribution in [0.5, 0.6) is 0 Å². The number of hydrogen-bond acceptors (Lipinski definition) is 0. The predicted octanol–water partition coefficient (Wildman–Crippen LogP) is 2.18. The first-order chi connectivity index (χ1) is 4.34. The Balaban J connectivity index is 0.000000810. The van der Waals surface area contributed by atoms with Gasteiger partial charge in [-0.2, -0.15) is 0 Å². The van der Waals surface area contributed by atoms with E-state index in [9.17, 15) is 0 Å². The van der Waals surface area contributed by atoms with Gasteiger partial charge in [0.05, 0.1) is 0 Å². The molecule has 1 heteroatoms. The summed E-state index contributed by atoms with van der Waals surface area (Å²) in [7, 11) is 0. The van der Waals surface area contributed by atoms with Gasteiger partial charge in [0.25, 0.3) is 0 Å². The Labute approximate surface area is 84.9 Å². The van der Waals surface area contributed by atoms with Crippen LogP contribution in [0, 0.1) is 6.92 Å². The molecule has 10 heavy (non-hydrogen) atoms. The van der Waals surface area contributed by atoms with E-state index in [0.717, 1.165) is 6.42 Å². The van der Waals surface area contributed by atoms with E-state index in [1.54, 1.807) is 0 Å². The molecule has 0 N–H and O–H groups in total. The van der Waals surface area contributed by atoms with Gasteiger partial charge in [-0.25, -0.2) is 0 Å². The molecule has 1 aromatic carbocycles. The molecule has 0 aliphatic carbocycles. The van der Waals surface area contributed by atoms with Crippen LogP contribution < -0.4 is 0 Å². The topological polar surface area (TPSA) is 0 Å². The van der Waals surface area contributed by atoms with Gasteiger partial charge in [-0.05, 0) is 24.5 Å². The Kier molecular flexibility index (Phi) is 5.06. The summed E-state index contributed by atoms with van der Waals surface area (Å²) in [5.74, 6) is 0. The van der Waals surface area contributed by atoms with Gasteiger partial charge in [-0.15, -0.1) is 0 Å². The molecule has 0 amide bonds. The van der Waals surface area contributed by atoms with Crippen LogP contribution in [0.25, 0.3) is 0 Å². The van der Waals surface area contributed by atoms with Crippen molar-refractivity contribution < 1.29 is 0 Å². The number of rotatable bonds is 1. The fourth-order valence-corrected chi connectivity index (χ4v) is 1.01. The molecule has 0 saturated heterocycles.